The first-order valence-electron chi connectivity index (χ1n) is 9.20. The van der Waals surface area contributed by atoms with E-state index in [1.807, 2.05) is 23.1 Å². The molecule has 2 heterocycles. The van der Waals surface area contributed by atoms with E-state index in [1.165, 1.54) is 0 Å². The summed E-state index contributed by atoms with van der Waals surface area (Å²) in [7, 11) is 0. The number of benzene rings is 1. The van der Waals surface area contributed by atoms with E-state index in [1.54, 1.807) is 0 Å². The molecule has 142 valence electrons. The van der Waals surface area contributed by atoms with Gasteiger partial charge in [0.25, 0.3) is 5.91 Å². The molecule has 2 fully saturated rings. The molecule has 0 unspecified atom stereocenters. The molecule has 0 aliphatic carbocycles. The Bertz CT molecular complexity index is 653. The van der Waals surface area contributed by atoms with Gasteiger partial charge in [-0.2, -0.15) is 0 Å². The van der Waals surface area contributed by atoms with Crippen molar-refractivity contribution < 1.29 is 14.3 Å². The number of alkyl halides is 1. The van der Waals surface area contributed by atoms with Crippen molar-refractivity contribution >= 4 is 39.1 Å². The van der Waals surface area contributed by atoms with Crippen molar-refractivity contribution in [2.75, 3.05) is 54.9 Å². The van der Waals surface area contributed by atoms with Crippen molar-refractivity contribution in [2.24, 2.45) is 5.92 Å². The lowest BCUT2D eigenvalue weighted by Gasteiger charge is -2.35. The second-order valence-corrected chi connectivity index (χ2v) is 7.55. The first-order chi connectivity index (χ1) is 12.6. The van der Waals surface area contributed by atoms with E-state index in [4.69, 9.17) is 4.74 Å². The Morgan fingerprint density at radius 3 is 2.54 bits per heavy atom. The molecule has 0 radical (unpaired) electrons. The highest BCUT2D eigenvalue weighted by Gasteiger charge is 2.25. The number of nitrogens with zero attached hydrogens (tertiary/aromatic N) is 2. The van der Waals surface area contributed by atoms with Crippen LogP contribution in [0.3, 0.4) is 0 Å². The number of piperidine rings is 1. The maximum atomic E-state index is 13.2. The molecule has 1 aromatic carbocycles. The molecule has 2 aliphatic rings. The number of hydrogen-bond acceptors (Lipinski definition) is 4. The second-order valence-electron chi connectivity index (χ2n) is 6.99. The molecule has 0 atom stereocenters. The summed E-state index contributed by atoms with van der Waals surface area (Å²) in [5, 5.41) is 3.05. The van der Waals surface area contributed by atoms with Crippen molar-refractivity contribution in [3.63, 3.8) is 0 Å². The molecule has 1 aromatic rings. The van der Waals surface area contributed by atoms with Gasteiger partial charge in [-0.1, -0.05) is 22.9 Å². The van der Waals surface area contributed by atoms with Gasteiger partial charge in [0.15, 0.2) is 0 Å². The van der Waals surface area contributed by atoms with Crippen LogP contribution in [-0.2, 0) is 9.53 Å². The minimum Gasteiger partial charge on any atom is -0.378 e. The zero-order valence-corrected chi connectivity index (χ0v) is 16.8. The van der Waals surface area contributed by atoms with E-state index in [2.05, 4.69) is 33.1 Å². The number of carbonyl (C=O) groups excluding carboxylic acids is 2. The molecular weight excluding hydrogens is 398 g/mol. The van der Waals surface area contributed by atoms with Gasteiger partial charge >= 0.3 is 0 Å². The van der Waals surface area contributed by atoms with Crippen LogP contribution in [0.15, 0.2) is 18.2 Å². The van der Waals surface area contributed by atoms with Crippen LogP contribution in [0.4, 0.5) is 11.4 Å². The predicted molar refractivity (Wildman–Crippen MR) is 106 cm³/mol. The van der Waals surface area contributed by atoms with Crippen LogP contribution in [0, 0.1) is 5.92 Å². The fourth-order valence-electron chi connectivity index (χ4n) is 3.44. The average Bonchev–Trinajstić information content (AvgIpc) is 2.68. The molecule has 2 saturated heterocycles. The van der Waals surface area contributed by atoms with Gasteiger partial charge in [-0.05, 0) is 37.0 Å². The third-order valence-electron chi connectivity index (χ3n) is 5.05. The van der Waals surface area contributed by atoms with Gasteiger partial charge in [0, 0.05) is 37.6 Å². The molecule has 0 spiro atoms. The highest BCUT2D eigenvalue weighted by atomic mass is 79.9. The summed E-state index contributed by atoms with van der Waals surface area (Å²) in [6.07, 6.45) is 2.26. The SMILES string of the molecule is CC1CCN(c2ccc(NC(=O)CBr)cc2C(=O)N2CCOCC2)CC1. The van der Waals surface area contributed by atoms with E-state index in [-0.39, 0.29) is 17.1 Å². The average molecular weight is 424 g/mol. The molecule has 0 saturated carbocycles. The second kappa shape index (κ2) is 8.86. The fraction of sp³-hybridized carbons (Fsp3) is 0.579. The van der Waals surface area contributed by atoms with Crippen LogP contribution in [0.2, 0.25) is 0 Å². The molecule has 3 rings (SSSR count). The topological polar surface area (TPSA) is 61.9 Å². The molecule has 26 heavy (non-hydrogen) atoms. The Balaban J connectivity index is 1.89. The quantitative estimate of drug-likeness (QED) is 0.756. The van der Waals surface area contributed by atoms with Crippen LogP contribution in [0.5, 0.6) is 0 Å². The third-order valence-corrected chi connectivity index (χ3v) is 5.56. The third kappa shape index (κ3) is 4.57. The first-order valence-corrected chi connectivity index (χ1v) is 10.3. The number of ether oxygens (including phenoxy) is 1. The van der Waals surface area contributed by atoms with Crippen molar-refractivity contribution in [1.29, 1.82) is 0 Å². The van der Waals surface area contributed by atoms with Crippen LogP contribution in [0.1, 0.15) is 30.1 Å². The number of halogens is 1. The summed E-state index contributed by atoms with van der Waals surface area (Å²) >= 11 is 3.16. The van der Waals surface area contributed by atoms with Crippen LogP contribution in [0.25, 0.3) is 0 Å². The Labute approximate surface area is 163 Å². The number of amides is 2. The highest BCUT2D eigenvalue weighted by Crippen LogP contribution is 2.30. The number of rotatable bonds is 4. The summed E-state index contributed by atoms with van der Waals surface area (Å²) in [4.78, 5) is 29.0. The van der Waals surface area contributed by atoms with Crippen molar-refractivity contribution in [3.05, 3.63) is 23.8 Å². The van der Waals surface area contributed by atoms with E-state index in [0.29, 0.717) is 37.6 Å². The number of anilines is 2. The van der Waals surface area contributed by atoms with Crippen LogP contribution < -0.4 is 10.2 Å². The minimum atomic E-state index is -0.130. The summed E-state index contributed by atoms with van der Waals surface area (Å²) in [6.45, 7) is 6.54. The molecule has 7 heteroatoms. The molecule has 0 aromatic heterocycles. The summed E-state index contributed by atoms with van der Waals surface area (Å²) in [5.41, 5.74) is 2.28. The maximum absolute atomic E-state index is 13.2. The summed E-state index contributed by atoms with van der Waals surface area (Å²) < 4.78 is 5.37. The number of nitrogens with one attached hydrogen (secondary N) is 1. The zero-order chi connectivity index (χ0) is 18.5. The van der Waals surface area contributed by atoms with Gasteiger partial charge in [-0.3, -0.25) is 9.59 Å². The van der Waals surface area contributed by atoms with Crippen molar-refractivity contribution in [2.45, 2.75) is 19.8 Å². The molecular formula is C19H26BrN3O3. The fourth-order valence-corrected chi connectivity index (χ4v) is 3.58. The number of hydrogen-bond donors (Lipinski definition) is 1. The lowest BCUT2D eigenvalue weighted by molar-refractivity contribution is -0.113. The lowest BCUT2D eigenvalue weighted by atomic mass is 9.97. The summed E-state index contributed by atoms with van der Waals surface area (Å²) in [5.74, 6) is 0.605. The van der Waals surface area contributed by atoms with Gasteiger partial charge in [0.1, 0.15) is 0 Å². The van der Waals surface area contributed by atoms with E-state index >= 15 is 0 Å². The Morgan fingerprint density at radius 1 is 1.19 bits per heavy atom. The highest BCUT2D eigenvalue weighted by molar-refractivity contribution is 9.09. The Morgan fingerprint density at radius 2 is 1.88 bits per heavy atom. The molecule has 6 nitrogen and oxygen atoms in total. The zero-order valence-electron chi connectivity index (χ0n) is 15.2. The van der Waals surface area contributed by atoms with E-state index in [0.717, 1.165) is 37.5 Å². The lowest BCUT2D eigenvalue weighted by Crippen LogP contribution is -2.42. The maximum Gasteiger partial charge on any atom is 0.256 e. The molecule has 1 N–H and O–H groups in total. The Kier molecular flexibility index (Phi) is 6.53. The van der Waals surface area contributed by atoms with E-state index in [9.17, 15) is 9.59 Å². The van der Waals surface area contributed by atoms with Gasteiger partial charge in [-0.15, -0.1) is 0 Å². The van der Waals surface area contributed by atoms with Gasteiger partial charge in [-0.25, -0.2) is 0 Å². The van der Waals surface area contributed by atoms with E-state index < -0.39 is 0 Å². The minimum absolute atomic E-state index is 0.0110. The monoisotopic (exact) mass is 423 g/mol. The predicted octanol–water partition coefficient (Wildman–Crippen LogP) is 2.73. The smallest absolute Gasteiger partial charge is 0.256 e. The van der Waals surface area contributed by atoms with Crippen molar-refractivity contribution in [3.8, 4) is 0 Å². The molecule has 2 aliphatic heterocycles. The Hall–Kier alpha value is -1.60. The molecule has 0 bridgehead atoms. The largest absolute Gasteiger partial charge is 0.378 e. The standard InChI is InChI=1S/C19H26BrN3O3/c1-14-4-6-22(7-5-14)17-3-2-15(21-18(24)13-20)12-16(17)19(25)23-8-10-26-11-9-23/h2-3,12,14H,4-11,13H2,1H3,(H,21,24). The first kappa shape index (κ1) is 19.2. The number of carbonyl (C=O) groups is 2. The molecule has 2 amide bonds. The van der Waals surface area contributed by atoms with Crippen LogP contribution in [-0.4, -0.2) is 61.4 Å². The van der Waals surface area contributed by atoms with Gasteiger partial charge in [0.05, 0.1) is 24.1 Å². The number of morpholine rings is 1. The van der Waals surface area contributed by atoms with Crippen LogP contribution >= 0.6 is 15.9 Å². The van der Waals surface area contributed by atoms with Crippen molar-refractivity contribution in [1.82, 2.24) is 4.90 Å². The van der Waals surface area contributed by atoms with Gasteiger partial charge < -0.3 is 19.9 Å². The van der Waals surface area contributed by atoms with Gasteiger partial charge in [0.2, 0.25) is 5.91 Å². The normalized spacial score (nSPS) is 18.7. The summed E-state index contributed by atoms with van der Waals surface area (Å²) in [6, 6.07) is 5.66.